The maximum Gasteiger partial charge on any atom is 0.243 e. The SMILES string of the molecule is CC(C)c1ccc(S(=O)(=O)N2CCN(C(=O)C3CCCNC3)CC2)cc1. The predicted molar refractivity (Wildman–Crippen MR) is 101 cm³/mol. The quantitative estimate of drug-likeness (QED) is 0.864. The van der Waals surface area contributed by atoms with Gasteiger partial charge in [0.25, 0.3) is 0 Å². The maximum atomic E-state index is 12.9. The highest BCUT2D eigenvalue weighted by atomic mass is 32.2. The van der Waals surface area contributed by atoms with Crippen LogP contribution in [0.5, 0.6) is 0 Å². The molecule has 1 amide bonds. The second kappa shape index (κ2) is 8.06. The molecular formula is C19H29N3O3S. The van der Waals surface area contributed by atoms with E-state index in [1.807, 2.05) is 17.0 Å². The third-order valence-corrected chi connectivity index (χ3v) is 7.29. The molecule has 0 bridgehead atoms. The minimum absolute atomic E-state index is 0.0375. The molecule has 2 aliphatic heterocycles. The lowest BCUT2D eigenvalue weighted by Crippen LogP contribution is -2.53. The van der Waals surface area contributed by atoms with Crippen molar-refractivity contribution in [3.05, 3.63) is 29.8 Å². The van der Waals surface area contributed by atoms with Crippen molar-refractivity contribution in [3.8, 4) is 0 Å². The van der Waals surface area contributed by atoms with E-state index in [0.717, 1.165) is 31.5 Å². The van der Waals surface area contributed by atoms with Crippen molar-refractivity contribution in [2.45, 2.75) is 37.5 Å². The fraction of sp³-hybridized carbons (Fsp3) is 0.632. The van der Waals surface area contributed by atoms with Crippen molar-refractivity contribution in [3.63, 3.8) is 0 Å². The molecule has 1 atom stereocenters. The number of hydrogen-bond donors (Lipinski definition) is 1. The van der Waals surface area contributed by atoms with Gasteiger partial charge in [0.1, 0.15) is 0 Å². The molecule has 1 aromatic carbocycles. The van der Waals surface area contributed by atoms with E-state index >= 15 is 0 Å². The summed E-state index contributed by atoms with van der Waals surface area (Å²) < 4.78 is 27.2. The van der Waals surface area contributed by atoms with Crippen LogP contribution in [0.3, 0.4) is 0 Å². The van der Waals surface area contributed by atoms with Gasteiger partial charge >= 0.3 is 0 Å². The maximum absolute atomic E-state index is 12.9. The summed E-state index contributed by atoms with van der Waals surface area (Å²) in [4.78, 5) is 14.8. The molecule has 0 saturated carbocycles. The number of amides is 1. The fourth-order valence-electron chi connectivity index (χ4n) is 3.64. The number of carbonyl (C=O) groups excluding carboxylic acids is 1. The summed E-state index contributed by atoms with van der Waals surface area (Å²) in [5.74, 6) is 0.571. The third kappa shape index (κ3) is 4.10. The number of hydrogen-bond acceptors (Lipinski definition) is 4. The Kier molecular flexibility index (Phi) is 5.99. The smallest absolute Gasteiger partial charge is 0.243 e. The first kappa shape index (κ1) is 19.3. The van der Waals surface area contributed by atoms with Crippen LogP contribution in [-0.2, 0) is 14.8 Å². The first-order valence-corrected chi connectivity index (χ1v) is 10.9. The van der Waals surface area contributed by atoms with Gasteiger partial charge in [-0.15, -0.1) is 0 Å². The van der Waals surface area contributed by atoms with E-state index in [-0.39, 0.29) is 11.8 Å². The van der Waals surface area contributed by atoms with E-state index in [1.165, 1.54) is 4.31 Å². The van der Waals surface area contributed by atoms with E-state index in [1.54, 1.807) is 12.1 Å². The highest BCUT2D eigenvalue weighted by Gasteiger charge is 2.32. The van der Waals surface area contributed by atoms with Gasteiger partial charge in [0.05, 0.1) is 10.8 Å². The summed E-state index contributed by atoms with van der Waals surface area (Å²) in [5.41, 5.74) is 1.13. The molecule has 1 N–H and O–H groups in total. The Hall–Kier alpha value is -1.44. The Labute approximate surface area is 156 Å². The van der Waals surface area contributed by atoms with Crippen LogP contribution in [0.1, 0.15) is 38.2 Å². The van der Waals surface area contributed by atoms with Crippen LogP contribution in [0.25, 0.3) is 0 Å². The lowest BCUT2D eigenvalue weighted by Gasteiger charge is -2.36. The third-order valence-electron chi connectivity index (χ3n) is 5.38. The number of piperidine rings is 1. The van der Waals surface area contributed by atoms with Crippen molar-refractivity contribution in [1.82, 2.24) is 14.5 Å². The van der Waals surface area contributed by atoms with Gasteiger partial charge in [-0.2, -0.15) is 4.31 Å². The Morgan fingerprint density at radius 3 is 2.31 bits per heavy atom. The van der Waals surface area contributed by atoms with Gasteiger partial charge in [0.2, 0.25) is 15.9 Å². The number of nitrogens with zero attached hydrogens (tertiary/aromatic N) is 2. The Balaban J connectivity index is 1.62. The highest BCUT2D eigenvalue weighted by Crippen LogP contribution is 2.22. The van der Waals surface area contributed by atoms with Crippen molar-refractivity contribution < 1.29 is 13.2 Å². The molecule has 2 fully saturated rings. The van der Waals surface area contributed by atoms with Crippen molar-refractivity contribution >= 4 is 15.9 Å². The molecule has 6 nitrogen and oxygen atoms in total. The van der Waals surface area contributed by atoms with Crippen LogP contribution in [0.2, 0.25) is 0 Å². The van der Waals surface area contributed by atoms with E-state index in [0.29, 0.717) is 37.0 Å². The Morgan fingerprint density at radius 2 is 1.77 bits per heavy atom. The Morgan fingerprint density at radius 1 is 1.12 bits per heavy atom. The normalized spacial score (nSPS) is 22.6. The van der Waals surface area contributed by atoms with Gasteiger partial charge in [-0.05, 0) is 43.0 Å². The minimum atomic E-state index is -3.50. The van der Waals surface area contributed by atoms with E-state index in [4.69, 9.17) is 0 Å². The summed E-state index contributed by atoms with van der Waals surface area (Å²) in [6.07, 6.45) is 1.95. The molecule has 0 radical (unpaired) electrons. The average Bonchev–Trinajstić information content (AvgIpc) is 2.68. The highest BCUT2D eigenvalue weighted by molar-refractivity contribution is 7.89. The molecule has 0 aliphatic carbocycles. The van der Waals surface area contributed by atoms with Gasteiger partial charge in [0.15, 0.2) is 0 Å². The number of nitrogens with one attached hydrogen (secondary N) is 1. The average molecular weight is 380 g/mol. The van der Waals surface area contributed by atoms with Gasteiger partial charge in [0, 0.05) is 32.7 Å². The molecule has 2 saturated heterocycles. The molecule has 7 heteroatoms. The fourth-order valence-corrected chi connectivity index (χ4v) is 5.07. The topological polar surface area (TPSA) is 69.7 Å². The van der Waals surface area contributed by atoms with Gasteiger partial charge < -0.3 is 10.2 Å². The number of benzene rings is 1. The van der Waals surface area contributed by atoms with Crippen molar-refractivity contribution in [2.75, 3.05) is 39.3 Å². The molecule has 2 heterocycles. The largest absolute Gasteiger partial charge is 0.340 e. The van der Waals surface area contributed by atoms with Crippen molar-refractivity contribution in [2.24, 2.45) is 5.92 Å². The second-order valence-corrected chi connectivity index (χ2v) is 9.43. The summed E-state index contributed by atoms with van der Waals surface area (Å²) in [7, 11) is -3.50. The number of piperazine rings is 1. The monoisotopic (exact) mass is 379 g/mol. The molecule has 0 aromatic heterocycles. The zero-order valence-electron chi connectivity index (χ0n) is 15.6. The van der Waals surface area contributed by atoms with Crippen LogP contribution in [0.15, 0.2) is 29.2 Å². The molecule has 26 heavy (non-hydrogen) atoms. The van der Waals surface area contributed by atoms with E-state index < -0.39 is 10.0 Å². The lowest BCUT2D eigenvalue weighted by atomic mass is 9.98. The Bertz CT molecular complexity index is 717. The zero-order valence-corrected chi connectivity index (χ0v) is 16.5. The summed E-state index contributed by atoms with van der Waals surface area (Å²) >= 11 is 0. The molecule has 2 aliphatic rings. The van der Waals surface area contributed by atoms with E-state index in [9.17, 15) is 13.2 Å². The summed E-state index contributed by atoms with van der Waals surface area (Å²) in [6.45, 7) is 7.55. The molecule has 1 aromatic rings. The summed E-state index contributed by atoms with van der Waals surface area (Å²) in [6, 6.07) is 7.15. The van der Waals surface area contributed by atoms with Gasteiger partial charge in [-0.1, -0.05) is 26.0 Å². The number of carbonyl (C=O) groups is 1. The van der Waals surface area contributed by atoms with Crippen molar-refractivity contribution in [1.29, 1.82) is 0 Å². The molecule has 1 unspecified atom stereocenters. The molecule has 0 spiro atoms. The molecular weight excluding hydrogens is 350 g/mol. The molecule has 3 rings (SSSR count). The summed E-state index contributed by atoms with van der Waals surface area (Å²) in [5, 5.41) is 3.27. The second-order valence-electron chi connectivity index (χ2n) is 7.50. The van der Waals surface area contributed by atoms with E-state index in [2.05, 4.69) is 19.2 Å². The number of sulfonamides is 1. The number of rotatable bonds is 4. The van der Waals surface area contributed by atoms with Crippen LogP contribution in [-0.4, -0.2) is 62.8 Å². The molecule has 144 valence electrons. The first-order valence-electron chi connectivity index (χ1n) is 9.49. The first-order chi connectivity index (χ1) is 12.4. The van der Waals surface area contributed by atoms with Crippen LogP contribution in [0, 0.1) is 5.92 Å². The van der Waals surface area contributed by atoms with Gasteiger partial charge in [-0.3, -0.25) is 4.79 Å². The lowest BCUT2D eigenvalue weighted by molar-refractivity contribution is -0.137. The minimum Gasteiger partial charge on any atom is -0.340 e. The predicted octanol–water partition coefficient (Wildman–Crippen LogP) is 1.64. The van der Waals surface area contributed by atoms with Crippen LogP contribution < -0.4 is 5.32 Å². The van der Waals surface area contributed by atoms with Crippen LogP contribution >= 0.6 is 0 Å². The van der Waals surface area contributed by atoms with Gasteiger partial charge in [-0.25, -0.2) is 8.42 Å². The zero-order chi connectivity index (χ0) is 18.7. The standard InChI is InChI=1S/C19H29N3O3S/c1-15(2)16-5-7-18(8-6-16)26(24,25)22-12-10-21(11-13-22)19(23)17-4-3-9-20-14-17/h5-8,15,17,20H,3-4,9-14H2,1-2H3. The van der Waals surface area contributed by atoms with Crippen LogP contribution in [0.4, 0.5) is 0 Å².